The lowest BCUT2D eigenvalue weighted by Gasteiger charge is -2.30. The molecule has 1 saturated heterocycles. The molecule has 1 aliphatic carbocycles. The van der Waals surface area contributed by atoms with E-state index < -0.39 is 0 Å². The predicted molar refractivity (Wildman–Crippen MR) is 56.4 cm³/mol. The van der Waals surface area contributed by atoms with Gasteiger partial charge in [0.1, 0.15) is 0 Å². The molecule has 3 heteroatoms. The van der Waals surface area contributed by atoms with Gasteiger partial charge in [-0.05, 0) is 31.8 Å². The third kappa shape index (κ3) is 1.60. The van der Waals surface area contributed by atoms with Gasteiger partial charge in [-0.3, -0.25) is 0 Å². The Morgan fingerprint density at radius 2 is 2.21 bits per heavy atom. The molecule has 5 atom stereocenters. The summed E-state index contributed by atoms with van der Waals surface area (Å²) in [5, 5.41) is 9.34. The minimum atomic E-state index is 0.0646. The summed E-state index contributed by atoms with van der Waals surface area (Å²) in [6.07, 6.45) is 3.46. The van der Waals surface area contributed by atoms with E-state index in [9.17, 15) is 5.11 Å². The summed E-state index contributed by atoms with van der Waals surface area (Å²) in [6, 6.07) is 0. The highest BCUT2D eigenvalue weighted by Gasteiger charge is 2.44. The third-order valence-electron chi connectivity index (χ3n) is 3.50. The zero-order chi connectivity index (χ0) is 10.3. The van der Waals surface area contributed by atoms with Crippen LogP contribution in [-0.2, 0) is 4.74 Å². The van der Waals surface area contributed by atoms with Crippen LogP contribution < -0.4 is 0 Å². The van der Waals surface area contributed by atoms with Crippen molar-refractivity contribution in [2.75, 3.05) is 6.61 Å². The SMILES string of the molecule is C[C@@H]1O[C@H](C)[C@@H]2C(CO)=CC(Cl)C[C@@H]21. The van der Waals surface area contributed by atoms with Crippen molar-refractivity contribution in [1.82, 2.24) is 0 Å². The summed E-state index contributed by atoms with van der Waals surface area (Å²) in [7, 11) is 0. The second kappa shape index (κ2) is 3.84. The number of hydrogen-bond donors (Lipinski definition) is 1. The van der Waals surface area contributed by atoms with Crippen LogP contribution in [0.3, 0.4) is 0 Å². The quantitative estimate of drug-likeness (QED) is 0.537. The lowest BCUT2D eigenvalue weighted by atomic mass is 9.75. The Balaban J connectivity index is 2.26. The first-order valence-electron chi connectivity index (χ1n) is 5.24. The number of fused-ring (bicyclic) bond motifs is 1. The highest BCUT2D eigenvalue weighted by molar-refractivity contribution is 6.21. The Morgan fingerprint density at radius 1 is 1.50 bits per heavy atom. The molecule has 0 radical (unpaired) electrons. The van der Waals surface area contributed by atoms with Gasteiger partial charge < -0.3 is 9.84 Å². The molecule has 1 N–H and O–H groups in total. The standard InChI is InChI=1S/C11H17ClO2/c1-6-10-4-9(12)3-8(5-13)11(10)7(2)14-6/h3,6-7,9-11,13H,4-5H2,1-2H3/t6-,7+,9?,10+,11+/m0/s1. The second-order valence-corrected chi connectivity index (χ2v) is 4.95. The minimum Gasteiger partial charge on any atom is -0.392 e. The predicted octanol–water partition coefficient (Wildman–Crippen LogP) is 1.96. The molecule has 1 unspecified atom stereocenters. The van der Waals surface area contributed by atoms with Gasteiger partial charge in [0.2, 0.25) is 0 Å². The van der Waals surface area contributed by atoms with Gasteiger partial charge in [-0.25, -0.2) is 0 Å². The van der Waals surface area contributed by atoms with Crippen LogP contribution in [0, 0.1) is 11.8 Å². The summed E-state index contributed by atoms with van der Waals surface area (Å²) >= 11 is 6.13. The highest BCUT2D eigenvalue weighted by atomic mass is 35.5. The molecule has 0 aromatic rings. The number of aliphatic hydroxyl groups excluding tert-OH is 1. The van der Waals surface area contributed by atoms with Crippen molar-refractivity contribution < 1.29 is 9.84 Å². The van der Waals surface area contributed by atoms with Crippen molar-refractivity contribution >= 4 is 11.6 Å². The zero-order valence-corrected chi connectivity index (χ0v) is 9.37. The van der Waals surface area contributed by atoms with Gasteiger partial charge in [-0.2, -0.15) is 0 Å². The zero-order valence-electron chi connectivity index (χ0n) is 8.61. The van der Waals surface area contributed by atoms with Crippen LogP contribution >= 0.6 is 11.6 Å². The van der Waals surface area contributed by atoms with Crippen molar-refractivity contribution in [3.8, 4) is 0 Å². The molecule has 0 spiro atoms. The van der Waals surface area contributed by atoms with E-state index in [0.29, 0.717) is 11.8 Å². The van der Waals surface area contributed by atoms with Gasteiger partial charge in [0.25, 0.3) is 0 Å². The normalized spacial score (nSPS) is 47.4. The Hall–Kier alpha value is -0.0500. The first-order valence-corrected chi connectivity index (χ1v) is 5.68. The molecular weight excluding hydrogens is 200 g/mol. The molecule has 2 aliphatic rings. The maximum absolute atomic E-state index is 9.28. The Bertz CT molecular complexity index is 252. The molecule has 14 heavy (non-hydrogen) atoms. The van der Waals surface area contributed by atoms with Crippen molar-refractivity contribution in [2.24, 2.45) is 11.8 Å². The minimum absolute atomic E-state index is 0.0646. The second-order valence-electron chi connectivity index (χ2n) is 4.39. The van der Waals surface area contributed by atoms with Crippen LogP contribution in [-0.4, -0.2) is 29.3 Å². The topological polar surface area (TPSA) is 29.5 Å². The van der Waals surface area contributed by atoms with Gasteiger partial charge in [0.05, 0.1) is 24.2 Å². The molecule has 0 aromatic carbocycles. The van der Waals surface area contributed by atoms with Crippen molar-refractivity contribution in [1.29, 1.82) is 0 Å². The van der Waals surface area contributed by atoms with Crippen molar-refractivity contribution in [3.05, 3.63) is 11.6 Å². The third-order valence-corrected chi connectivity index (χ3v) is 3.81. The molecule has 1 aliphatic heterocycles. The molecule has 1 fully saturated rings. The lowest BCUT2D eigenvalue weighted by Crippen LogP contribution is -2.30. The van der Waals surface area contributed by atoms with Crippen LogP contribution in [0.25, 0.3) is 0 Å². The maximum Gasteiger partial charge on any atom is 0.0646 e. The molecule has 0 aromatic heterocycles. The van der Waals surface area contributed by atoms with Crippen LogP contribution in [0.1, 0.15) is 20.3 Å². The summed E-state index contributed by atoms with van der Waals surface area (Å²) in [4.78, 5) is 0. The molecule has 1 heterocycles. The fourth-order valence-corrected chi connectivity index (χ4v) is 3.28. The van der Waals surface area contributed by atoms with E-state index in [2.05, 4.69) is 13.8 Å². The molecule has 0 bridgehead atoms. The Morgan fingerprint density at radius 3 is 2.86 bits per heavy atom. The average molecular weight is 217 g/mol. The Kier molecular flexibility index (Phi) is 2.87. The van der Waals surface area contributed by atoms with Gasteiger partial charge >= 0.3 is 0 Å². The number of halogens is 1. The van der Waals surface area contributed by atoms with E-state index >= 15 is 0 Å². The first kappa shape index (κ1) is 10.5. The Labute approximate surface area is 89.9 Å². The fraction of sp³-hybridized carbons (Fsp3) is 0.818. The summed E-state index contributed by atoms with van der Waals surface area (Å²) in [6.45, 7) is 4.30. The van der Waals surface area contributed by atoms with Crippen LogP contribution in [0.2, 0.25) is 0 Å². The van der Waals surface area contributed by atoms with E-state index in [-0.39, 0.29) is 24.2 Å². The molecule has 2 nitrogen and oxygen atoms in total. The number of hydrogen-bond acceptors (Lipinski definition) is 2. The van der Waals surface area contributed by atoms with Gasteiger partial charge in [-0.1, -0.05) is 6.08 Å². The van der Waals surface area contributed by atoms with Crippen LogP contribution in [0.5, 0.6) is 0 Å². The first-order chi connectivity index (χ1) is 6.63. The van der Waals surface area contributed by atoms with E-state index in [1.807, 2.05) is 6.08 Å². The highest BCUT2D eigenvalue weighted by Crippen LogP contribution is 2.43. The summed E-state index contributed by atoms with van der Waals surface area (Å²) in [5.41, 5.74) is 1.07. The molecule has 2 rings (SSSR count). The van der Waals surface area contributed by atoms with Gasteiger partial charge in [0.15, 0.2) is 0 Å². The van der Waals surface area contributed by atoms with E-state index in [1.54, 1.807) is 0 Å². The molecular formula is C11H17ClO2. The maximum atomic E-state index is 9.28. The largest absolute Gasteiger partial charge is 0.392 e. The number of ether oxygens (including phenoxy) is 1. The number of allylic oxidation sites excluding steroid dienone is 1. The fourth-order valence-electron chi connectivity index (χ4n) is 2.91. The van der Waals surface area contributed by atoms with Crippen molar-refractivity contribution in [2.45, 2.75) is 37.9 Å². The van der Waals surface area contributed by atoms with Crippen molar-refractivity contribution in [3.63, 3.8) is 0 Å². The average Bonchev–Trinajstić information content (AvgIpc) is 2.41. The number of aliphatic hydroxyl groups is 1. The molecule has 0 saturated carbocycles. The summed E-state index contributed by atoms with van der Waals surface area (Å²) in [5.74, 6) is 0.865. The summed E-state index contributed by atoms with van der Waals surface area (Å²) < 4.78 is 5.78. The smallest absolute Gasteiger partial charge is 0.0646 e. The molecule has 0 amide bonds. The molecule has 80 valence electrons. The van der Waals surface area contributed by atoms with Crippen LogP contribution in [0.15, 0.2) is 11.6 Å². The van der Waals surface area contributed by atoms with E-state index in [0.717, 1.165) is 12.0 Å². The van der Waals surface area contributed by atoms with E-state index in [4.69, 9.17) is 16.3 Å². The van der Waals surface area contributed by atoms with E-state index in [1.165, 1.54) is 0 Å². The van der Waals surface area contributed by atoms with Gasteiger partial charge in [0, 0.05) is 5.92 Å². The number of alkyl halides is 1. The monoisotopic (exact) mass is 216 g/mol. The lowest BCUT2D eigenvalue weighted by molar-refractivity contribution is 0.0516. The van der Waals surface area contributed by atoms with Crippen LogP contribution in [0.4, 0.5) is 0 Å². The number of rotatable bonds is 1. The van der Waals surface area contributed by atoms with Gasteiger partial charge in [-0.15, -0.1) is 11.6 Å².